The van der Waals surface area contributed by atoms with Crippen LogP contribution in [0, 0.1) is 13.8 Å². The van der Waals surface area contributed by atoms with Crippen molar-refractivity contribution >= 4 is 23.4 Å². The minimum absolute atomic E-state index is 0.0386. The summed E-state index contributed by atoms with van der Waals surface area (Å²) in [7, 11) is 0. The van der Waals surface area contributed by atoms with Gasteiger partial charge in [0.2, 0.25) is 11.8 Å². The van der Waals surface area contributed by atoms with Crippen LogP contribution in [0.2, 0.25) is 0 Å². The zero-order valence-corrected chi connectivity index (χ0v) is 20.5. The van der Waals surface area contributed by atoms with Crippen LogP contribution in [0.1, 0.15) is 46.1 Å². The first kappa shape index (κ1) is 25.2. The van der Waals surface area contributed by atoms with Gasteiger partial charge in [0, 0.05) is 18.8 Å². The molecule has 8 nitrogen and oxygen atoms in total. The van der Waals surface area contributed by atoms with Crippen molar-refractivity contribution in [1.29, 1.82) is 0 Å². The highest BCUT2D eigenvalue weighted by molar-refractivity contribution is 6.04. The first-order valence-corrected chi connectivity index (χ1v) is 12.1. The van der Waals surface area contributed by atoms with E-state index in [0.717, 1.165) is 24.0 Å². The molecule has 1 aliphatic heterocycles. The van der Waals surface area contributed by atoms with Gasteiger partial charge in [-0.05, 0) is 67.6 Å². The van der Waals surface area contributed by atoms with E-state index in [1.54, 1.807) is 6.07 Å². The van der Waals surface area contributed by atoms with Crippen molar-refractivity contribution in [3.63, 3.8) is 0 Å². The third-order valence-corrected chi connectivity index (χ3v) is 6.05. The Bertz CT molecular complexity index is 1170. The fourth-order valence-electron chi connectivity index (χ4n) is 4.43. The van der Waals surface area contributed by atoms with Crippen molar-refractivity contribution in [2.75, 3.05) is 24.6 Å². The lowest BCUT2D eigenvalue weighted by atomic mass is 10.0. The highest BCUT2D eigenvalue weighted by atomic mass is 16.5. The van der Waals surface area contributed by atoms with Gasteiger partial charge >= 0.3 is 0 Å². The number of ether oxygens (including phenoxy) is 1. The van der Waals surface area contributed by atoms with Gasteiger partial charge in [0.25, 0.3) is 5.91 Å². The number of benzene rings is 2. The van der Waals surface area contributed by atoms with Gasteiger partial charge in [0.15, 0.2) is 5.76 Å². The summed E-state index contributed by atoms with van der Waals surface area (Å²) in [5.41, 5.74) is 3.14. The van der Waals surface area contributed by atoms with Crippen molar-refractivity contribution in [3.05, 3.63) is 89.4 Å². The Labute approximate surface area is 210 Å². The highest BCUT2D eigenvalue weighted by Gasteiger charge is 2.33. The van der Waals surface area contributed by atoms with Crippen molar-refractivity contribution in [3.8, 4) is 0 Å². The third-order valence-electron chi connectivity index (χ3n) is 6.05. The number of rotatable bonds is 9. The third kappa shape index (κ3) is 6.20. The lowest BCUT2D eigenvalue weighted by Gasteiger charge is -2.32. The molecule has 188 valence electrons. The zero-order chi connectivity index (χ0) is 25.5. The molecule has 0 saturated carbocycles. The van der Waals surface area contributed by atoms with Gasteiger partial charge in [-0.25, -0.2) is 0 Å². The smallest absolute Gasteiger partial charge is 0.287 e. The second kappa shape index (κ2) is 11.7. The molecule has 0 spiro atoms. The highest BCUT2D eigenvalue weighted by Crippen LogP contribution is 2.30. The first-order valence-electron chi connectivity index (χ1n) is 12.1. The lowest BCUT2D eigenvalue weighted by Crippen LogP contribution is -2.48. The van der Waals surface area contributed by atoms with E-state index in [2.05, 4.69) is 10.6 Å². The number of carbonyl (C=O) groups excluding carboxylic acids is 3. The normalized spacial score (nSPS) is 15.8. The molecule has 2 heterocycles. The van der Waals surface area contributed by atoms with E-state index in [0.29, 0.717) is 24.4 Å². The molecule has 36 heavy (non-hydrogen) atoms. The van der Waals surface area contributed by atoms with Gasteiger partial charge in [-0.15, -0.1) is 0 Å². The lowest BCUT2D eigenvalue weighted by molar-refractivity contribution is -0.126. The van der Waals surface area contributed by atoms with E-state index in [1.165, 1.54) is 17.2 Å². The van der Waals surface area contributed by atoms with Crippen LogP contribution in [-0.4, -0.2) is 43.5 Å². The van der Waals surface area contributed by atoms with Crippen LogP contribution >= 0.6 is 0 Å². The number of carbonyl (C=O) groups is 3. The average Bonchev–Trinajstić information content (AvgIpc) is 3.59. The Kier molecular flexibility index (Phi) is 8.17. The maximum Gasteiger partial charge on any atom is 0.287 e. The zero-order valence-electron chi connectivity index (χ0n) is 20.5. The molecule has 2 N–H and O–H groups in total. The fraction of sp³-hybridized carbons (Fsp3) is 0.321. The van der Waals surface area contributed by atoms with E-state index in [1.807, 2.05) is 62.4 Å². The Morgan fingerprint density at radius 1 is 1.00 bits per heavy atom. The van der Waals surface area contributed by atoms with Crippen LogP contribution < -0.4 is 15.5 Å². The standard InChI is InChI=1S/C28H31N3O5/c1-19-14-20(2)16-22(15-19)31(25(32)18-30-27(33)24-11-7-13-36-24)26(21-8-4-3-5-9-21)28(34)29-17-23-10-6-12-35-23/h3-5,7-9,11,13-16,23,26H,6,10,12,17-18H2,1-2H3,(H,29,34)(H,30,33)/t23-,26-/m1/s1. The summed E-state index contributed by atoms with van der Waals surface area (Å²) < 4.78 is 10.8. The molecule has 1 fully saturated rings. The van der Waals surface area contributed by atoms with Crippen LogP contribution in [0.3, 0.4) is 0 Å². The molecule has 1 aliphatic rings. The van der Waals surface area contributed by atoms with Crippen LogP contribution in [-0.2, 0) is 14.3 Å². The van der Waals surface area contributed by atoms with Gasteiger partial charge in [-0.3, -0.25) is 19.3 Å². The molecule has 2 aromatic carbocycles. The Hall–Kier alpha value is -3.91. The number of hydrogen-bond donors (Lipinski definition) is 2. The Morgan fingerprint density at radius 2 is 1.75 bits per heavy atom. The van der Waals surface area contributed by atoms with Crippen molar-refractivity contribution < 1.29 is 23.5 Å². The van der Waals surface area contributed by atoms with Gasteiger partial charge in [-0.1, -0.05) is 36.4 Å². The minimum Gasteiger partial charge on any atom is -0.459 e. The molecule has 0 bridgehead atoms. The number of hydrogen-bond acceptors (Lipinski definition) is 5. The maximum absolute atomic E-state index is 13.7. The molecule has 0 radical (unpaired) electrons. The Balaban J connectivity index is 1.66. The topological polar surface area (TPSA) is 101 Å². The molecule has 4 rings (SSSR count). The van der Waals surface area contributed by atoms with E-state index in [9.17, 15) is 14.4 Å². The van der Waals surface area contributed by atoms with Crippen molar-refractivity contribution in [2.24, 2.45) is 0 Å². The van der Waals surface area contributed by atoms with Gasteiger partial charge in [0.05, 0.1) is 18.9 Å². The number of nitrogens with one attached hydrogen (secondary N) is 2. The summed E-state index contributed by atoms with van der Waals surface area (Å²) in [5.74, 6) is -1.15. The van der Waals surface area contributed by atoms with Gasteiger partial charge in [-0.2, -0.15) is 0 Å². The first-order chi connectivity index (χ1) is 17.4. The summed E-state index contributed by atoms with van der Waals surface area (Å²) in [4.78, 5) is 41.2. The molecule has 1 aromatic heterocycles. The van der Waals surface area contributed by atoms with E-state index in [4.69, 9.17) is 9.15 Å². The Morgan fingerprint density at radius 3 is 2.39 bits per heavy atom. The molecular weight excluding hydrogens is 458 g/mol. The summed E-state index contributed by atoms with van der Waals surface area (Å²) in [6, 6.07) is 17.1. The maximum atomic E-state index is 13.7. The van der Waals surface area contributed by atoms with Crippen LogP contribution in [0.4, 0.5) is 5.69 Å². The minimum atomic E-state index is -0.943. The predicted octanol–water partition coefficient (Wildman–Crippen LogP) is 3.70. The monoisotopic (exact) mass is 489 g/mol. The van der Waals surface area contributed by atoms with Crippen LogP contribution in [0.25, 0.3) is 0 Å². The van der Waals surface area contributed by atoms with Crippen molar-refractivity contribution in [2.45, 2.75) is 38.8 Å². The number of aryl methyl sites for hydroxylation is 2. The molecule has 3 amide bonds. The number of amides is 3. The summed E-state index contributed by atoms with van der Waals surface area (Å²) in [5, 5.41) is 5.60. The van der Waals surface area contributed by atoms with Crippen LogP contribution in [0.5, 0.6) is 0 Å². The molecule has 1 saturated heterocycles. The fourth-order valence-corrected chi connectivity index (χ4v) is 4.43. The van der Waals surface area contributed by atoms with Crippen LogP contribution in [0.15, 0.2) is 71.3 Å². The van der Waals surface area contributed by atoms with Gasteiger partial charge < -0.3 is 19.8 Å². The van der Waals surface area contributed by atoms with Gasteiger partial charge in [0.1, 0.15) is 6.04 Å². The summed E-state index contributed by atoms with van der Waals surface area (Å²) in [6.45, 7) is 4.62. The molecule has 2 atom stereocenters. The van der Waals surface area contributed by atoms with E-state index in [-0.39, 0.29) is 24.3 Å². The number of anilines is 1. The summed E-state index contributed by atoms with van der Waals surface area (Å²) >= 11 is 0. The van der Waals surface area contributed by atoms with E-state index >= 15 is 0 Å². The second-order valence-electron chi connectivity index (χ2n) is 8.96. The summed E-state index contributed by atoms with van der Waals surface area (Å²) in [6.07, 6.45) is 3.20. The SMILES string of the molecule is Cc1cc(C)cc(N(C(=O)CNC(=O)c2ccco2)[C@@H](C(=O)NC[C@H]2CCCO2)c2ccccc2)c1. The quantitative estimate of drug-likeness (QED) is 0.477. The predicted molar refractivity (Wildman–Crippen MR) is 136 cm³/mol. The molecule has 0 aliphatic carbocycles. The van der Waals surface area contributed by atoms with Crippen molar-refractivity contribution in [1.82, 2.24) is 10.6 Å². The number of furan rings is 1. The second-order valence-corrected chi connectivity index (χ2v) is 8.96. The molecule has 0 unspecified atom stereocenters. The average molecular weight is 490 g/mol. The molecule has 8 heteroatoms. The number of nitrogens with zero attached hydrogens (tertiary/aromatic N) is 1. The van der Waals surface area contributed by atoms with E-state index < -0.39 is 17.9 Å². The molecular formula is C28H31N3O5. The molecule has 3 aromatic rings. The largest absolute Gasteiger partial charge is 0.459 e.